The van der Waals surface area contributed by atoms with E-state index < -0.39 is 27.6 Å². The SMILES string of the molecule is CC(C)(c1cc(NC(=O)Cc2ccc(-c3ccc(NCCN4CCOCC4)nc3)cc2)no1)C(F)(F)F.CS(=O)(=O)O. The van der Waals surface area contributed by atoms with Crippen molar-refractivity contribution in [2.75, 3.05) is 56.3 Å². The number of hydrogen-bond donors (Lipinski definition) is 3. The molecule has 1 fully saturated rings. The van der Waals surface area contributed by atoms with E-state index in [0.717, 1.165) is 81.8 Å². The second kappa shape index (κ2) is 14.1. The second-order valence-corrected chi connectivity index (χ2v) is 11.6. The largest absolute Gasteiger partial charge is 0.401 e. The molecule has 3 aromatic rings. The third kappa shape index (κ3) is 10.4. The van der Waals surface area contributed by atoms with E-state index >= 15 is 0 Å². The fraction of sp³-hybridized carbons (Fsp3) is 0.444. The topological polar surface area (TPSA) is 147 Å². The first-order valence-corrected chi connectivity index (χ1v) is 14.8. The zero-order chi connectivity index (χ0) is 31.0. The minimum atomic E-state index is -4.51. The monoisotopic (exact) mass is 613 g/mol. The first-order chi connectivity index (χ1) is 19.6. The van der Waals surface area contributed by atoms with E-state index in [1.54, 1.807) is 6.20 Å². The molecule has 0 bridgehead atoms. The smallest absolute Gasteiger partial charge is 0.379 e. The van der Waals surface area contributed by atoms with Gasteiger partial charge in [0.25, 0.3) is 10.1 Å². The summed E-state index contributed by atoms with van der Waals surface area (Å²) in [5.74, 6) is -0.0308. The number of hydrogen-bond acceptors (Lipinski definition) is 9. The lowest BCUT2D eigenvalue weighted by Gasteiger charge is -2.26. The number of carbonyl (C=O) groups is 1. The molecule has 0 atom stereocenters. The van der Waals surface area contributed by atoms with Crippen molar-refractivity contribution in [2.24, 2.45) is 0 Å². The van der Waals surface area contributed by atoms with E-state index in [9.17, 15) is 26.4 Å². The van der Waals surface area contributed by atoms with E-state index in [4.69, 9.17) is 13.8 Å². The molecule has 3 heterocycles. The Morgan fingerprint density at radius 1 is 1.05 bits per heavy atom. The van der Waals surface area contributed by atoms with Crippen LogP contribution < -0.4 is 10.6 Å². The van der Waals surface area contributed by atoms with E-state index in [2.05, 4.69) is 25.7 Å². The van der Waals surface area contributed by atoms with Crippen molar-refractivity contribution in [1.82, 2.24) is 15.0 Å². The molecule has 1 aliphatic rings. The van der Waals surface area contributed by atoms with Crippen LogP contribution in [0.3, 0.4) is 0 Å². The Morgan fingerprint density at radius 3 is 2.24 bits per heavy atom. The van der Waals surface area contributed by atoms with Crippen LogP contribution in [0.5, 0.6) is 0 Å². The van der Waals surface area contributed by atoms with Crippen LogP contribution in [0.25, 0.3) is 11.1 Å². The van der Waals surface area contributed by atoms with E-state index in [0.29, 0.717) is 6.26 Å². The van der Waals surface area contributed by atoms with Crippen molar-refractivity contribution in [1.29, 1.82) is 0 Å². The molecule has 2 aromatic heterocycles. The third-order valence-electron chi connectivity index (χ3n) is 6.36. The maximum atomic E-state index is 13.2. The first kappa shape index (κ1) is 33.0. The summed E-state index contributed by atoms with van der Waals surface area (Å²) < 4.78 is 75.6. The Balaban J connectivity index is 0.000000892. The summed E-state index contributed by atoms with van der Waals surface area (Å²) >= 11 is 0. The highest BCUT2D eigenvalue weighted by Crippen LogP contribution is 2.41. The molecule has 1 aliphatic heterocycles. The molecule has 42 heavy (non-hydrogen) atoms. The molecule has 0 spiro atoms. The molecule has 0 unspecified atom stereocenters. The summed E-state index contributed by atoms with van der Waals surface area (Å²) in [7, 11) is -3.67. The molecule has 4 rings (SSSR count). The molecule has 3 N–H and O–H groups in total. The van der Waals surface area contributed by atoms with Gasteiger partial charge in [0.1, 0.15) is 11.2 Å². The first-order valence-electron chi connectivity index (χ1n) is 13.0. The summed E-state index contributed by atoms with van der Waals surface area (Å²) in [6.07, 6.45) is -1.96. The lowest BCUT2D eigenvalue weighted by molar-refractivity contribution is -0.185. The van der Waals surface area contributed by atoms with Gasteiger partial charge in [-0.05, 0) is 37.1 Å². The number of nitrogens with one attached hydrogen (secondary N) is 2. The van der Waals surface area contributed by atoms with E-state index in [1.165, 1.54) is 0 Å². The van der Waals surface area contributed by atoms with Crippen molar-refractivity contribution in [2.45, 2.75) is 31.9 Å². The van der Waals surface area contributed by atoms with Crippen LogP contribution in [0.4, 0.5) is 24.8 Å². The molecule has 0 saturated carbocycles. The van der Waals surface area contributed by atoms with Crippen LogP contribution >= 0.6 is 0 Å². The number of pyridine rings is 1. The van der Waals surface area contributed by atoms with E-state index in [1.807, 2.05) is 36.4 Å². The molecule has 1 aromatic carbocycles. The molecule has 1 amide bonds. The number of amides is 1. The third-order valence-corrected chi connectivity index (χ3v) is 6.36. The quantitative estimate of drug-likeness (QED) is 0.303. The summed E-state index contributed by atoms with van der Waals surface area (Å²) in [6, 6.07) is 12.5. The maximum absolute atomic E-state index is 13.2. The lowest BCUT2D eigenvalue weighted by atomic mass is 9.89. The average molecular weight is 614 g/mol. The molecule has 230 valence electrons. The standard InChI is InChI=1S/C26H30F3N5O3.CH4O3S/c1-25(2,26(27,28)29)21-16-23(33-37-21)32-24(35)15-18-3-5-19(6-4-18)20-7-8-22(31-17-20)30-9-10-34-11-13-36-14-12-34;1-5(2,3)4/h3-8,16-17H,9-15H2,1-2H3,(H,30,31)(H,32,33,35);1H3,(H,2,3,4). The zero-order valence-electron chi connectivity index (χ0n) is 23.4. The highest BCUT2D eigenvalue weighted by Gasteiger charge is 2.51. The van der Waals surface area contributed by atoms with Crippen molar-refractivity contribution >= 4 is 27.7 Å². The van der Waals surface area contributed by atoms with Gasteiger partial charge in [-0.1, -0.05) is 29.4 Å². The van der Waals surface area contributed by atoms with Crippen molar-refractivity contribution in [3.63, 3.8) is 0 Å². The number of ether oxygens (including phenoxy) is 1. The number of morpholine rings is 1. The van der Waals surface area contributed by atoms with E-state index in [-0.39, 0.29) is 18.0 Å². The van der Waals surface area contributed by atoms with Crippen molar-refractivity contribution < 1.29 is 40.2 Å². The van der Waals surface area contributed by atoms with Crippen molar-refractivity contribution in [3.05, 3.63) is 60.0 Å². The molecule has 0 aliphatic carbocycles. The molecule has 1 saturated heterocycles. The predicted molar refractivity (Wildman–Crippen MR) is 151 cm³/mol. The van der Waals surface area contributed by atoms with Crippen LogP contribution in [0.2, 0.25) is 0 Å². The van der Waals surface area contributed by atoms with Gasteiger partial charge in [-0.25, -0.2) is 4.98 Å². The summed E-state index contributed by atoms with van der Waals surface area (Å²) in [5, 5.41) is 9.37. The normalized spacial score (nSPS) is 14.5. The molecule has 15 heteroatoms. The van der Waals surface area contributed by atoms with Crippen LogP contribution in [-0.2, 0) is 31.5 Å². The minimum absolute atomic E-state index is 0.0371. The maximum Gasteiger partial charge on any atom is 0.401 e. The Hall–Kier alpha value is -3.53. The number of alkyl halides is 3. The molecular formula is C27H34F3N5O6S. The van der Waals surface area contributed by atoms with Crippen LogP contribution in [-0.4, -0.2) is 85.7 Å². The number of carbonyl (C=O) groups excluding carboxylic acids is 1. The second-order valence-electron chi connectivity index (χ2n) is 10.2. The average Bonchev–Trinajstić information content (AvgIpc) is 3.38. The number of halogens is 3. The van der Waals surface area contributed by atoms with Gasteiger partial charge in [-0.2, -0.15) is 21.6 Å². The number of benzene rings is 1. The minimum Gasteiger partial charge on any atom is -0.379 e. The number of rotatable bonds is 9. The highest BCUT2D eigenvalue weighted by atomic mass is 32.2. The van der Waals surface area contributed by atoms with Gasteiger partial charge >= 0.3 is 6.18 Å². The highest BCUT2D eigenvalue weighted by molar-refractivity contribution is 7.85. The fourth-order valence-electron chi connectivity index (χ4n) is 3.79. The lowest BCUT2D eigenvalue weighted by Crippen LogP contribution is -2.39. The van der Waals surface area contributed by atoms with Gasteiger partial charge in [0.15, 0.2) is 11.6 Å². The predicted octanol–water partition coefficient (Wildman–Crippen LogP) is 4.01. The Morgan fingerprint density at radius 2 is 1.67 bits per heavy atom. The van der Waals surface area contributed by atoms with Gasteiger partial charge in [-0.3, -0.25) is 14.2 Å². The van der Waals surface area contributed by atoms with Crippen molar-refractivity contribution in [3.8, 4) is 11.1 Å². The summed E-state index contributed by atoms with van der Waals surface area (Å²) in [6.45, 7) is 7.19. The van der Waals surface area contributed by atoms with Gasteiger partial charge in [-0.15, -0.1) is 0 Å². The Labute approximate surface area is 242 Å². The number of aromatic nitrogens is 2. The van der Waals surface area contributed by atoms with Gasteiger partial charge in [0.05, 0.1) is 25.9 Å². The van der Waals surface area contributed by atoms with Crippen LogP contribution in [0.15, 0.2) is 53.2 Å². The Bertz CT molecular complexity index is 1400. The number of nitrogens with zero attached hydrogens (tertiary/aromatic N) is 3. The van der Waals surface area contributed by atoms with Crippen LogP contribution in [0.1, 0.15) is 25.2 Å². The van der Waals surface area contributed by atoms with Crippen LogP contribution in [0, 0.1) is 0 Å². The Kier molecular flexibility index (Phi) is 11.1. The summed E-state index contributed by atoms with van der Waals surface area (Å²) in [4.78, 5) is 19.2. The number of anilines is 2. The fourth-order valence-corrected chi connectivity index (χ4v) is 3.79. The summed E-state index contributed by atoms with van der Waals surface area (Å²) in [5.41, 5.74) is 0.421. The molecule has 11 nitrogen and oxygen atoms in total. The van der Waals surface area contributed by atoms with Gasteiger partial charge < -0.3 is 19.9 Å². The molecule has 0 radical (unpaired) electrons. The molecular weight excluding hydrogens is 579 g/mol. The van der Waals surface area contributed by atoms with Gasteiger partial charge in [0.2, 0.25) is 5.91 Å². The zero-order valence-corrected chi connectivity index (χ0v) is 24.3. The van der Waals surface area contributed by atoms with Gasteiger partial charge in [0, 0.05) is 44.0 Å².